The molecule has 2 aromatic heterocycles. The van der Waals surface area contributed by atoms with Gasteiger partial charge < -0.3 is 19.1 Å². The van der Waals surface area contributed by atoms with Crippen molar-refractivity contribution < 1.29 is 32.5 Å². The van der Waals surface area contributed by atoms with Gasteiger partial charge in [-0.25, -0.2) is 9.97 Å². The number of ether oxygens (including phenoxy) is 2. The molecule has 0 radical (unpaired) electrons. The highest BCUT2D eigenvalue weighted by molar-refractivity contribution is 5.79. The van der Waals surface area contributed by atoms with E-state index in [1.807, 2.05) is 53.1 Å². The zero-order valence-corrected chi connectivity index (χ0v) is 22.6. The first kappa shape index (κ1) is 27.6. The van der Waals surface area contributed by atoms with Crippen LogP contribution >= 0.6 is 0 Å². The molecule has 5 aromatic rings. The molecule has 1 aliphatic carbocycles. The van der Waals surface area contributed by atoms with Crippen LogP contribution < -0.4 is 9.47 Å². The average molecular weight is 576 g/mol. The van der Waals surface area contributed by atoms with Gasteiger partial charge in [0, 0.05) is 23.9 Å². The van der Waals surface area contributed by atoms with Crippen molar-refractivity contribution >= 4 is 27.9 Å². The van der Waals surface area contributed by atoms with E-state index < -0.39 is 18.2 Å². The molecule has 0 spiro atoms. The number of imidazole rings is 1. The van der Waals surface area contributed by atoms with Gasteiger partial charge in [0.05, 0.1) is 28.2 Å². The Labute approximate surface area is 239 Å². The second kappa shape index (κ2) is 11.3. The topological polar surface area (TPSA) is 86.5 Å². The molecule has 2 heterocycles. The predicted octanol–water partition coefficient (Wildman–Crippen LogP) is 7.47. The molecule has 0 unspecified atom stereocenters. The Balaban J connectivity index is 1.33. The molecule has 6 rings (SSSR count). The van der Waals surface area contributed by atoms with Crippen molar-refractivity contribution in [2.45, 2.75) is 51.1 Å². The Morgan fingerprint density at radius 3 is 2.57 bits per heavy atom. The number of nitrogens with zero attached hydrogens (tertiary/aromatic N) is 3. The summed E-state index contributed by atoms with van der Waals surface area (Å²) in [6, 6.07) is 23.0. The van der Waals surface area contributed by atoms with Gasteiger partial charge in [-0.3, -0.25) is 4.79 Å². The number of para-hydroxylation sites is 1. The third-order valence-corrected chi connectivity index (χ3v) is 7.68. The van der Waals surface area contributed by atoms with Crippen molar-refractivity contribution in [1.82, 2.24) is 14.5 Å². The van der Waals surface area contributed by atoms with E-state index >= 15 is 0 Å². The molecule has 1 aliphatic rings. The van der Waals surface area contributed by atoms with Crippen molar-refractivity contribution in [2.24, 2.45) is 5.92 Å². The van der Waals surface area contributed by atoms with E-state index in [2.05, 4.69) is 9.72 Å². The molecule has 1 fully saturated rings. The third kappa shape index (κ3) is 6.02. The van der Waals surface area contributed by atoms with Crippen LogP contribution in [0.15, 0.2) is 78.9 Å². The summed E-state index contributed by atoms with van der Waals surface area (Å²) in [5.74, 6) is -0.926. The van der Waals surface area contributed by atoms with Gasteiger partial charge in [0.2, 0.25) is 0 Å². The summed E-state index contributed by atoms with van der Waals surface area (Å²) >= 11 is 0. The monoisotopic (exact) mass is 575 g/mol. The first-order chi connectivity index (χ1) is 20.2. The van der Waals surface area contributed by atoms with E-state index in [1.54, 1.807) is 12.1 Å². The van der Waals surface area contributed by atoms with Crippen molar-refractivity contribution in [3.8, 4) is 11.5 Å². The van der Waals surface area contributed by atoms with Gasteiger partial charge in [0.1, 0.15) is 23.9 Å². The highest BCUT2D eigenvalue weighted by atomic mass is 19.4. The fourth-order valence-electron chi connectivity index (χ4n) is 5.77. The number of aromatic nitrogens is 3. The number of carboxylic acids is 1. The number of rotatable bonds is 8. The number of hydrogen-bond acceptors (Lipinski definition) is 5. The quantitative estimate of drug-likeness (QED) is 0.207. The zero-order chi connectivity index (χ0) is 29.3. The number of hydrogen-bond donors (Lipinski definition) is 1. The Bertz CT molecular complexity index is 1750. The second-order valence-corrected chi connectivity index (χ2v) is 10.5. The fourth-order valence-corrected chi connectivity index (χ4v) is 5.77. The number of pyridine rings is 1. The lowest BCUT2D eigenvalue weighted by Gasteiger charge is -2.28. The van der Waals surface area contributed by atoms with Crippen LogP contribution in [-0.4, -0.2) is 32.0 Å². The van der Waals surface area contributed by atoms with Gasteiger partial charge in [-0.05, 0) is 54.8 Å². The summed E-state index contributed by atoms with van der Waals surface area (Å²) in [6.45, 7) is 0.449. The summed E-state index contributed by atoms with van der Waals surface area (Å²) in [4.78, 5) is 21.7. The lowest BCUT2D eigenvalue weighted by Crippen LogP contribution is -2.27. The van der Waals surface area contributed by atoms with Gasteiger partial charge in [-0.1, -0.05) is 49.2 Å². The minimum absolute atomic E-state index is 0.199. The molecule has 42 heavy (non-hydrogen) atoms. The second-order valence-electron chi connectivity index (χ2n) is 10.5. The lowest BCUT2D eigenvalue weighted by molar-refractivity contribution is -0.274. The standard InChI is InChI=1S/C32H28F3N3O4/c33-32(34,35)42-24-8-5-6-20(16-24)18-38-29-15-14-23(41-19-22-13-12-21-7-1-4-11-27(21)36-22)17-28(29)37-30(38)25-9-2-3-10-26(25)31(39)40/h1,4-8,11-17,25-26H,2-3,9-10,18-19H2,(H,39,40)/t25-,26+/m0/s1. The summed E-state index contributed by atoms with van der Waals surface area (Å²) in [5, 5.41) is 11.0. The zero-order valence-electron chi connectivity index (χ0n) is 22.6. The largest absolute Gasteiger partial charge is 0.573 e. The number of alkyl halides is 3. The van der Waals surface area contributed by atoms with Crippen LogP contribution in [-0.2, 0) is 17.9 Å². The molecule has 7 nitrogen and oxygen atoms in total. The lowest BCUT2D eigenvalue weighted by atomic mass is 9.78. The van der Waals surface area contributed by atoms with Crippen molar-refractivity contribution in [3.05, 3.63) is 95.9 Å². The highest BCUT2D eigenvalue weighted by Crippen LogP contribution is 2.39. The normalized spacial score (nSPS) is 17.4. The Hall–Kier alpha value is -4.60. The van der Waals surface area contributed by atoms with Crippen molar-refractivity contribution in [3.63, 3.8) is 0 Å². The first-order valence-electron chi connectivity index (χ1n) is 13.8. The predicted molar refractivity (Wildman–Crippen MR) is 150 cm³/mol. The molecule has 2 atom stereocenters. The number of halogens is 3. The van der Waals surface area contributed by atoms with E-state index in [-0.39, 0.29) is 24.8 Å². The minimum atomic E-state index is -4.80. The summed E-state index contributed by atoms with van der Waals surface area (Å²) in [6.07, 6.45) is -1.90. The van der Waals surface area contributed by atoms with Gasteiger partial charge in [-0.15, -0.1) is 13.2 Å². The fraction of sp³-hybridized carbons (Fsp3) is 0.281. The van der Waals surface area contributed by atoms with E-state index in [9.17, 15) is 23.1 Å². The van der Waals surface area contributed by atoms with Gasteiger partial charge in [0.25, 0.3) is 0 Å². The molecule has 10 heteroatoms. The number of aliphatic carboxylic acids is 1. The first-order valence-corrected chi connectivity index (χ1v) is 13.8. The van der Waals surface area contributed by atoms with Crippen LogP contribution in [0.4, 0.5) is 13.2 Å². The van der Waals surface area contributed by atoms with Gasteiger partial charge in [-0.2, -0.15) is 0 Å². The van der Waals surface area contributed by atoms with E-state index in [0.29, 0.717) is 35.5 Å². The van der Waals surface area contributed by atoms with E-state index in [4.69, 9.17) is 9.72 Å². The van der Waals surface area contributed by atoms with Crippen LogP contribution in [0.1, 0.15) is 48.7 Å². The molecular weight excluding hydrogens is 547 g/mol. The van der Waals surface area contributed by atoms with Gasteiger partial charge in [0.15, 0.2) is 0 Å². The Morgan fingerprint density at radius 1 is 0.905 bits per heavy atom. The molecule has 0 bridgehead atoms. The molecule has 0 amide bonds. The summed E-state index contributed by atoms with van der Waals surface area (Å²) in [7, 11) is 0. The number of carboxylic acid groups (broad SMARTS) is 1. The summed E-state index contributed by atoms with van der Waals surface area (Å²) in [5.41, 5.74) is 3.57. The van der Waals surface area contributed by atoms with Crippen LogP contribution in [0.3, 0.4) is 0 Å². The number of carbonyl (C=O) groups is 1. The third-order valence-electron chi connectivity index (χ3n) is 7.68. The molecule has 1 N–H and O–H groups in total. The van der Waals surface area contributed by atoms with Crippen LogP contribution in [0.2, 0.25) is 0 Å². The number of benzene rings is 3. The maximum Gasteiger partial charge on any atom is 0.573 e. The van der Waals surface area contributed by atoms with E-state index in [1.165, 1.54) is 18.2 Å². The van der Waals surface area contributed by atoms with Gasteiger partial charge >= 0.3 is 12.3 Å². The average Bonchev–Trinajstić information content (AvgIpc) is 3.32. The van der Waals surface area contributed by atoms with Crippen LogP contribution in [0.5, 0.6) is 11.5 Å². The molecule has 216 valence electrons. The SMILES string of the molecule is O=C(O)[C@@H]1CCCC[C@@H]1c1nc2cc(OCc3ccc4ccccc4n3)ccc2n1Cc1cccc(OC(F)(F)F)c1. The maximum absolute atomic E-state index is 12.9. The van der Waals surface area contributed by atoms with Crippen LogP contribution in [0.25, 0.3) is 21.9 Å². The molecule has 3 aromatic carbocycles. The molecule has 0 aliphatic heterocycles. The van der Waals surface area contributed by atoms with E-state index in [0.717, 1.165) is 35.0 Å². The molecule has 0 saturated heterocycles. The summed E-state index contributed by atoms with van der Waals surface area (Å²) < 4.78 is 50.6. The Kier molecular flexibility index (Phi) is 7.45. The molecular formula is C32H28F3N3O4. The molecule has 1 saturated carbocycles. The maximum atomic E-state index is 12.9. The Morgan fingerprint density at radius 2 is 1.74 bits per heavy atom. The van der Waals surface area contributed by atoms with Crippen molar-refractivity contribution in [2.75, 3.05) is 0 Å². The smallest absolute Gasteiger partial charge is 0.487 e. The minimum Gasteiger partial charge on any atom is -0.487 e. The van der Waals surface area contributed by atoms with Crippen molar-refractivity contribution in [1.29, 1.82) is 0 Å². The van der Waals surface area contributed by atoms with Crippen LogP contribution in [0, 0.1) is 5.92 Å². The number of fused-ring (bicyclic) bond motifs is 2. The highest BCUT2D eigenvalue weighted by Gasteiger charge is 2.35.